The van der Waals surface area contributed by atoms with E-state index in [1.54, 1.807) is 13.2 Å². The van der Waals surface area contributed by atoms with Gasteiger partial charge in [0.2, 0.25) is 0 Å². The Bertz CT molecular complexity index is 335. The first kappa shape index (κ1) is 13.1. The summed E-state index contributed by atoms with van der Waals surface area (Å²) in [5.41, 5.74) is 1.83. The Hall–Kier alpha value is -0.930. The number of rotatable bonds is 5. The second-order valence-corrected chi connectivity index (χ2v) is 4.02. The summed E-state index contributed by atoms with van der Waals surface area (Å²) < 4.78 is 18.1. The van der Waals surface area contributed by atoms with Crippen LogP contribution in [0.5, 0.6) is 0 Å². The van der Waals surface area contributed by atoms with Crippen LogP contribution >= 0.6 is 0 Å². The summed E-state index contributed by atoms with van der Waals surface area (Å²) >= 11 is 0. The third-order valence-corrected chi connectivity index (χ3v) is 2.87. The van der Waals surface area contributed by atoms with E-state index in [1.165, 1.54) is 12.1 Å². The number of aliphatic hydroxyl groups excluding tert-OH is 1. The molecule has 16 heavy (non-hydrogen) atoms. The van der Waals surface area contributed by atoms with Crippen LogP contribution in [0.1, 0.15) is 24.5 Å². The highest BCUT2D eigenvalue weighted by molar-refractivity contribution is 5.27. The largest absolute Gasteiger partial charge is 0.390 e. The zero-order valence-corrected chi connectivity index (χ0v) is 10.0. The Morgan fingerprint density at radius 3 is 2.62 bits per heavy atom. The second-order valence-electron chi connectivity index (χ2n) is 4.02. The van der Waals surface area contributed by atoms with E-state index in [4.69, 9.17) is 4.74 Å². The quantitative estimate of drug-likeness (QED) is 0.835. The van der Waals surface area contributed by atoms with Gasteiger partial charge in [0.25, 0.3) is 0 Å². The lowest BCUT2D eigenvalue weighted by atomic mass is 9.98. The van der Waals surface area contributed by atoms with Gasteiger partial charge in [0.1, 0.15) is 5.82 Å². The highest BCUT2D eigenvalue weighted by Gasteiger charge is 2.17. The maximum absolute atomic E-state index is 12.9. The van der Waals surface area contributed by atoms with Gasteiger partial charge in [-0.15, -0.1) is 0 Å². The highest BCUT2D eigenvalue weighted by Crippen LogP contribution is 2.15. The molecule has 0 heterocycles. The van der Waals surface area contributed by atoms with Crippen molar-refractivity contribution >= 4 is 0 Å². The van der Waals surface area contributed by atoms with Crippen LogP contribution in [0.15, 0.2) is 18.2 Å². The summed E-state index contributed by atoms with van der Waals surface area (Å²) in [6.07, 6.45) is 0.555. The van der Waals surface area contributed by atoms with Gasteiger partial charge in [-0.2, -0.15) is 0 Å². The van der Waals surface area contributed by atoms with Crippen LogP contribution in [0.4, 0.5) is 4.39 Å². The first-order valence-electron chi connectivity index (χ1n) is 5.54. The number of aliphatic hydroxyl groups is 1. The van der Waals surface area contributed by atoms with Gasteiger partial charge in [-0.3, -0.25) is 0 Å². The summed E-state index contributed by atoms with van der Waals surface area (Å²) in [5, 5.41) is 9.94. The van der Waals surface area contributed by atoms with Crippen molar-refractivity contribution in [2.75, 3.05) is 7.11 Å². The molecular weight excluding hydrogens is 207 g/mol. The topological polar surface area (TPSA) is 29.5 Å². The maximum atomic E-state index is 12.9. The van der Waals surface area contributed by atoms with Crippen molar-refractivity contribution in [3.63, 3.8) is 0 Å². The fourth-order valence-corrected chi connectivity index (χ4v) is 1.84. The predicted molar refractivity (Wildman–Crippen MR) is 61.9 cm³/mol. The summed E-state index contributed by atoms with van der Waals surface area (Å²) in [7, 11) is 1.59. The van der Waals surface area contributed by atoms with Gasteiger partial charge in [0.15, 0.2) is 0 Å². The average molecular weight is 226 g/mol. The fourth-order valence-electron chi connectivity index (χ4n) is 1.84. The Morgan fingerprint density at radius 2 is 2.12 bits per heavy atom. The first-order chi connectivity index (χ1) is 7.58. The fraction of sp³-hybridized carbons (Fsp3) is 0.538. The van der Waals surface area contributed by atoms with Crippen molar-refractivity contribution in [3.8, 4) is 0 Å². The zero-order chi connectivity index (χ0) is 12.1. The molecule has 1 aromatic rings. The van der Waals surface area contributed by atoms with Crippen molar-refractivity contribution in [3.05, 3.63) is 35.1 Å². The molecule has 0 aliphatic rings. The minimum Gasteiger partial charge on any atom is -0.390 e. The summed E-state index contributed by atoms with van der Waals surface area (Å²) in [6.45, 7) is 3.81. The van der Waals surface area contributed by atoms with Gasteiger partial charge in [-0.1, -0.05) is 13.0 Å². The van der Waals surface area contributed by atoms with Crippen LogP contribution in [0.25, 0.3) is 0 Å². The van der Waals surface area contributed by atoms with Gasteiger partial charge < -0.3 is 9.84 Å². The van der Waals surface area contributed by atoms with Crippen LogP contribution in [-0.2, 0) is 11.2 Å². The number of hydrogen-bond acceptors (Lipinski definition) is 2. The number of aryl methyl sites for hydroxylation is 1. The van der Waals surface area contributed by atoms with Crippen molar-refractivity contribution in [1.29, 1.82) is 0 Å². The van der Waals surface area contributed by atoms with E-state index in [0.29, 0.717) is 6.42 Å². The lowest BCUT2D eigenvalue weighted by molar-refractivity contribution is -0.0129. The number of hydrogen-bond donors (Lipinski definition) is 1. The van der Waals surface area contributed by atoms with Gasteiger partial charge >= 0.3 is 0 Å². The molecule has 90 valence electrons. The standard InChI is InChI=1S/C13H19FO2/c1-4-13(16-3)12(15)8-10-5-6-11(14)7-9(10)2/h5-7,12-13,15H,4,8H2,1-3H3. The Kier molecular flexibility index (Phi) is 4.90. The second kappa shape index (κ2) is 5.97. The third-order valence-electron chi connectivity index (χ3n) is 2.87. The minimum absolute atomic E-state index is 0.163. The van der Waals surface area contributed by atoms with Crippen molar-refractivity contribution in [2.45, 2.75) is 38.9 Å². The predicted octanol–water partition coefficient (Wildman–Crippen LogP) is 2.46. The molecule has 2 unspecified atom stereocenters. The molecule has 0 amide bonds. The molecule has 0 saturated carbocycles. The Balaban J connectivity index is 2.72. The van der Waals surface area contributed by atoms with E-state index < -0.39 is 6.10 Å². The molecule has 2 nitrogen and oxygen atoms in total. The van der Waals surface area contributed by atoms with Crippen LogP contribution in [0, 0.1) is 12.7 Å². The molecule has 0 saturated heterocycles. The number of ether oxygens (including phenoxy) is 1. The lowest BCUT2D eigenvalue weighted by Gasteiger charge is -2.20. The normalized spacial score (nSPS) is 14.8. The summed E-state index contributed by atoms with van der Waals surface area (Å²) in [4.78, 5) is 0. The Morgan fingerprint density at radius 1 is 1.44 bits per heavy atom. The molecule has 1 rings (SSSR count). The summed E-state index contributed by atoms with van der Waals surface area (Å²) in [6, 6.07) is 4.62. The van der Waals surface area contributed by atoms with E-state index in [1.807, 2.05) is 13.8 Å². The minimum atomic E-state index is -0.542. The smallest absolute Gasteiger partial charge is 0.123 e. The number of methoxy groups -OCH3 is 1. The molecule has 3 heteroatoms. The molecule has 2 atom stereocenters. The monoisotopic (exact) mass is 226 g/mol. The molecule has 1 aromatic carbocycles. The molecular formula is C13H19FO2. The van der Waals surface area contributed by atoms with Gasteiger partial charge in [0, 0.05) is 13.5 Å². The molecule has 0 bridgehead atoms. The van der Waals surface area contributed by atoms with E-state index in [-0.39, 0.29) is 11.9 Å². The maximum Gasteiger partial charge on any atom is 0.123 e. The first-order valence-corrected chi connectivity index (χ1v) is 5.54. The van der Waals surface area contributed by atoms with Gasteiger partial charge in [-0.05, 0) is 36.6 Å². The van der Waals surface area contributed by atoms with Crippen LogP contribution < -0.4 is 0 Å². The SMILES string of the molecule is CCC(OC)C(O)Cc1ccc(F)cc1C. The number of benzene rings is 1. The molecule has 1 N–H and O–H groups in total. The van der Waals surface area contributed by atoms with Crippen LogP contribution in [-0.4, -0.2) is 24.4 Å². The summed E-state index contributed by atoms with van der Waals surface area (Å²) in [5.74, 6) is -0.241. The van der Waals surface area contributed by atoms with E-state index in [0.717, 1.165) is 17.5 Å². The van der Waals surface area contributed by atoms with Crippen molar-refractivity contribution in [2.24, 2.45) is 0 Å². The van der Waals surface area contributed by atoms with Crippen molar-refractivity contribution in [1.82, 2.24) is 0 Å². The third kappa shape index (κ3) is 3.29. The average Bonchev–Trinajstić information content (AvgIpc) is 2.24. The van der Waals surface area contributed by atoms with Crippen LogP contribution in [0.2, 0.25) is 0 Å². The molecule has 0 fully saturated rings. The van der Waals surface area contributed by atoms with Gasteiger partial charge in [0.05, 0.1) is 12.2 Å². The molecule has 0 radical (unpaired) electrons. The number of halogens is 1. The zero-order valence-electron chi connectivity index (χ0n) is 10.0. The van der Waals surface area contributed by atoms with Gasteiger partial charge in [-0.25, -0.2) is 4.39 Å². The highest BCUT2D eigenvalue weighted by atomic mass is 19.1. The van der Waals surface area contributed by atoms with E-state index >= 15 is 0 Å². The lowest BCUT2D eigenvalue weighted by Crippen LogP contribution is -2.29. The molecule has 0 aliphatic carbocycles. The van der Waals surface area contributed by atoms with E-state index in [9.17, 15) is 9.50 Å². The molecule has 0 aliphatic heterocycles. The molecule has 0 aromatic heterocycles. The van der Waals surface area contributed by atoms with Crippen LogP contribution in [0.3, 0.4) is 0 Å². The van der Waals surface area contributed by atoms with Crippen molar-refractivity contribution < 1.29 is 14.2 Å². The van der Waals surface area contributed by atoms with E-state index in [2.05, 4.69) is 0 Å². The Labute approximate surface area is 96.1 Å². The molecule has 0 spiro atoms.